The molecule has 1 heterocycles. The van der Waals surface area contributed by atoms with Gasteiger partial charge in [0.2, 0.25) is 0 Å². The van der Waals surface area contributed by atoms with E-state index in [0.717, 1.165) is 5.69 Å². The predicted molar refractivity (Wildman–Crippen MR) is 62.4 cm³/mol. The average Bonchev–Trinajstić information content (AvgIpc) is 2.17. The molecule has 1 rings (SSSR count). The van der Waals surface area contributed by atoms with Crippen molar-refractivity contribution in [3.63, 3.8) is 0 Å². The van der Waals surface area contributed by atoms with E-state index in [9.17, 15) is 9.59 Å². The molecule has 1 unspecified atom stereocenters. The molecule has 0 aliphatic heterocycles. The molecule has 1 aromatic rings. The van der Waals surface area contributed by atoms with Crippen LogP contribution in [-0.4, -0.2) is 23.5 Å². The van der Waals surface area contributed by atoms with Crippen molar-refractivity contribution >= 4 is 5.91 Å². The second kappa shape index (κ2) is 5.46. The molecule has 1 amide bonds. The van der Waals surface area contributed by atoms with E-state index in [0.29, 0.717) is 13.0 Å². The van der Waals surface area contributed by atoms with Gasteiger partial charge in [-0.2, -0.15) is 0 Å². The van der Waals surface area contributed by atoms with Gasteiger partial charge >= 0.3 is 0 Å². The zero-order valence-corrected chi connectivity index (χ0v) is 9.54. The molecular formula is C11H17N3O2. The van der Waals surface area contributed by atoms with Gasteiger partial charge in [0.25, 0.3) is 5.91 Å². The van der Waals surface area contributed by atoms with Crippen molar-refractivity contribution in [1.29, 1.82) is 0 Å². The molecular weight excluding hydrogens is 206 g/mol. The standard InChI is InChI=1S/C11H17N3O2/c1-7(3-4-12)14-11(16)9-6-13-8(2)5-10(9)15/h5-7H,3-4,12H2,1-2H3,(H,13,15)(H,14,16). The molecule has 0 fully saturated rings. The van der Waals surface area contributed by atoms with Crippen molar-refractivity contribution < 1.29 is 4.79 Å². The maximum Gasteiger partial charge on any atom is 0.256 e. The first-order chi connectivity index (χ1) is 7.54. The zero-order chi connectivity index (χ0) is 12.1. The Hall–Kier alpha value is -1.62. The minimum Gasteiger partial charge on any atom is -0.364 e. The maximum atomic E-state index is 11.7. The summed E-state index contributed by atoms with van der Waals surface area (Å²) in [4.78, 5) is 26.0. The number of carbonyl (C=O) groups excluding carboxylic acids is 1. The fraction of sp³-hybridized carbons (Fsp3) is 0.455. The lowest BCUT2D eigenvalue weighted by molar-refractivity contribution is 0.0937. The van der Waals surface area contributed by atoms with Gasteiger partial charge in [0.1, 0.15) is 5.56 Å². The lowest BCUT2D eigenvalue weighted by Crippen LogP contribution is -2.36. The Kier molecular flexibility index (Phi) is 4.25. The van der Waals surface area contributed by atoms with Crippen LogP contribution >= 0.6 is 0 Å². The number of hydrogen-bond donors (Lipinski definition) is 3. The number of hydrogen-bond acceptors (Lipinski definition) is 3. The molecule has 16 heavy (non-hydrogen) atoms. The largest absolute Gasteiger partial charge is 0.364 e. The minimum absolute atomic E-state index is 0.0294. The predicted octanol–water partition coefficient (Wildman–Crippen LogP) is 0.150. The Morgan fingerprint density at radius 3 is 2.88 bits per heavy atom. The van der Waals surface area contributed by atoms with Crippen LogP contribution in [0.5, 0.6) is 0 Å². The van der Waals surface area contributed by atoms with Crippen LogP contribution in [-0.2, 0) is 0 Å². The van der Waals surface area contributed by atoms with Crippen LogP contribution < -0.4 is 16.5 Å². The Morgan fingerprint density at radius 1 is 1.62 bits per heavy atom. The summed E-state index contributed by atoms with van der Waals surface area (Å²) in [5, 5.41) is 2.72. The van der Waals surface area contributed by atoms with Crippen molar-refractivity contribution in [2.24, 2.45) is 5.73 Å². The zero-order valence-electron chi connectivity index (χ0n) is 9.54. The number of aryl methyl sites for hydroxylation is 1. The van der Waals surface area contributed by atoms with E-state index in [-0.39, 0.29) is 22.9 Å². The van der Waals surface area contributed by atoms with Crippen LogP contribution in [0.4, 0.5) is 0 Å². The highest BCUT2D eigenvalue weighted by atomic mass is 16.2. The van der Waals surface area contributed by atoms with Gasteiger partial charge in [-0.05, 0) is 26.8 Å². The monoisotopic (exact) mass is 223 g/mol. The summed E-state index contributed by atoms with van der Waals surface area (Å²) in [5.74, 6) is -0.359. The normalized spacial score (nSPS) is 12.2. The third kappa shape index (κ3) is 3.20. The number of nitrogens with one attached hydrogen (secondary N) is 2. The van der Waals surface area contributed by atoms with Crippen molar-refractivity contribution in [3.05, 3.63) is 33.7 Å². The van der Waals surface area contributed by atoms with E-state index in [1.54, 1.807) is 6.92 Å². The van der Waals surface area contributed by atoms with Gasteiger partial charge in [0.15, 0.2) is 5.43 Å². The van der Waals surface area contributed by atoms with Crippen molar-refractivity contribution in [3.8, 4) is 0 Å². The Morgan fingerprint density at radius 2 is 2.31 bits per heavy atom. The lowest BCUT2D eigenvalue weighted by Gasteiger charge is -2.12. The third-order valence-corrected chi connectivity index (χ3v) is 2.28. The van der Waals surface area contributed by atoms with Crippen molar-refractivity contribution in [2.75, 3.05) is 6.54 Å². The van der Waals surface area contributed by atoms with E-state index >= 15 is 0 Å². The number of carbonyl (C=O) groups is 1. The van der Waals surface area contributed by atoms with Crippen LogP contribution in [0.25, 0.3) is 0 Å². The number of aromatic amines is 1. The number of rotatable bonds is 4. The molecule has 0 spiro atoms. The van der Waals surface area contributed by atoms with Gasteiger partial charge in [0.05, 0.1) is 0 Å². The summed E-state index contributed by atoms with van der Waals surface area (Å²) >= 11 is 0. The summed E-state index contributed by atoms with van der Waals surface area (Å²) in [5.41, 5.74) is 5.97. The molecule has 0 aromatic carbocycles. The quantitative estimate of drug-likeness (QED) is 0.679. The van der Waals surface area contributed by atoms with Gasteiger partial charge in [0, 0.05) is 24.0 Å². The van der Waals surface area contributed by atoms with Gasteiger partial charge < -0.3 is 16.0 Å². The number of nitrogens with two attached hydrogens (primary N) is 1. The molecule has 88 valence electrons. The Labute approximate surface area is 94.1 Å². The van der Waals surface area contributed by atoms with Crippen LogP contribution in [0, 0.1) is 6.92 Å². The highest BCUT2D eigenvalue weighted by Crippen LogP contribution is 1.95. The minimum atomic E-state index is -0.359. The molecule has 5 nitrogen and oxygen atoms in total. The summed E-state index contributed by atoms with van der Waals surface area (Å²) in [6.07, 6.45) is 2.12. The molecule has 1 atom stereocenters. The first-order valence-electron chi connectivity index (χ1n) is 5.25. The molecule has 0 bridgehead atoms. The van der Waals surface area contributed by atoms with Crippen LogP contribution in [0.15, 0.2) is 17.1 Å². The van der Waals surface area contributed by atoms with Crippen molar-refractivity contribution in [1.82, 2.24) is 10.3 Å². The van der Waals surface area contributed by atoms with Crippen LogP contribution in [0.3, 0.4) is 0 Å². The van der Waals surface area contributed by atoms with Crippen LogP contribution in [0.1, 0.15) is 29.4 Å². The van der Waals surface area contributed by atoms with E-state index in [1.165, 1.54) is 12.3 Å². The maximum absolute atomic E-state index is 11.7. The Balaban J connectivity index is 2.77. The summed E-state index contributed by atoms with van der Waals surface area (Å²) < 4.78 is 0. The highest BCUT2D eigenvalue weighted by molar-refractivity contribution is 5.93. The van der Waals surface area contributed by atoms with E-state index in [1.807, 2.05) is 6.92 Å². The first-order valence-corrected chi connectivity index (χ1v) is 5.25. The first kappa shape index (κ1) is 12.4. The second-order valence-corrected chi connectivity index (χ2v) is 3.85. The molecule has 1 aromatic heterocycles. The third-order valence-electron chi connectivity index (χ3n) is 2.28. The fourth-order valence-corrected chi connectivity index (χ4v) is 1.37. The van der Waals surface area contributed by atoms with Gasteiger partial charge in [-0.15, -0.1) is 0 Å². The molecule has 0 saturated carbocycles. The lowest BCUT2D eigenvalue weighted by atomic mass is 10.2. The molecule has 4 N–H and O–H groups in total. The molecule has 0 saturated heterocycles. The second-order valence-electron chi connectivity index (χ2n) is 3.85. The molecule has 0 aliphatic carbocycles. The number of aromatic nitrogens is 1. The van der Waals surface area contributed by atoms with Gasteiger partial charge in [-0.25, -0.2) is 0 Å². The molecule has 0 radical (unpaired) electrons. The molecule has 5 heteroatoms. The number of pyridine rings is 1. The van der Waals surface area contributed by atoms with E-state index in [2.05, 4.69) is 10.3 Å². The van der Waals surface area contributed by atoms with Gasteiger partial charge in [-0.1, -0.05) is 0 Å². The highest BCUT2D eigenvalue weighted by Gasteiger charge is 2.12. The Bertz CT molecular complexity index is 425. The summed E-state index contributed by atoms with van der Waals surface area (Å²) in [6.45, 7) is 4.12. The van der Waals surface area contributed by atoms with Crippen LogP contribution in [0.2, 0.25) is 0 Å². The van der Waals surface area contributed by atoms with Crippen molar-refractivity contribution in [2.45, 2.75) is 26.3 Å². The van der Waals surface area contributed by atoms with E-state index in [4.69, 9.17) is 5.73 Å². The summed E-state index contributed by atoms with van der Waals surface area (Å²) in [7, 11) is 0. The average molecular weight is 223 g/mol. The fourth-order valence-electron chi connectivity index (χ4n) is 1.37. The number of amides is 1. The SMILES string of the molecule is Cc1cc(=O)c(C(=O)NC(C)CCN)c[nH]1. The summed E-state index contributed by atoms with van der Waals surface area (Å²) in [6, 6.07) is 1.38. The van der Waals surface area contributed by atoms with E-state index < -0.39 is 0 Å². The molecule has 0 aliphatic rings. The smallest absolute Gasteiger partial charge is 0.256 e. The number of H-pyrrole nitrogens is 1. The topological polar surface area (TPSA) is 88.0 Å². The van der Waals surface area contributed by atoms with Gasteiger partial charge in [-0.3, -0.25) is 9.59 Å².